The summed E-state index contributed by atoms with van der Waals surface area (Å²) in [6, 6.07) is 8.47. The highest BCUT2D eigenvalue weighted by molar-refractivity contribution is 5.95. The molecule has 0 aliphatic heterocycles. The van der Waals surface area contributed by atoms with Gasteiger partial charge in [-0.3, -0.25) is 9.20 Å². The molecule has 0 fully saturated rings. The largest absolute Gasteiger partial charge is 0.493 e. The van der Waals surface area contributed by atoms with E-state index in [0.29, 0.717) is 28.6 Å². The maximum Gasteiger partial charge on any atom is 0.252 e. The molecule has 0 saturated heterocycles. The monoisotopic (exact) mass is 356 g/mol. The van der Waals surface area contributed by atoms with E-state index < -0.39 is 0 Å². The lowest BCUT2D eigenvalue weighted by molar-refractivity contribution is 0.0937. The van der Waals surface area contributed by atoms with E-state index in [1.165, 1.54) is 21.3 Å². The van der Waals surface area contributed by atoms with Gasteiger partial charge in [-0.25, -0.2) is 0 Å². The quantitative estimate of drug-likeness (QED) is 0.729. The van der Waals surface area contributed by atoms with Gasteiger partial charge in [0, 0.05) is 11.8 Å². The summed E-state index contributed by atoms with van der Waals surface area (Å²) < 4.78 is 17.7. The summed E-state index contributed by atoms with van der Waals surface area (Å²) in [5.41, 5.74) is 1.11. The van der Waals surface area contributed by atoms with Gasteiger partial charge in [-0.15, -0.1) is 10.2 Å². The zero-order valence-corrected chi connectivity index (χ0v) is 15.0. The Morgan fingerprint density at radius 1 is 1.08 bits per heavy atom. The number of carbonyl (C=O) groups excluding carboxylic acids is 1. The first-order valence-corrected chi connectivity index (χ1v) is 7.99. The number of nitrogens with one attached hydrogen (secondary N) is 1. The van der Waals surface area contributed by atoms with Crippen molar-refractivity contribution in [2.24, 2.45) is 0 Å². The van der Waals surface area contributed by atoms with E-state index in [9.17, 15) is 4.79 Å². The van der Waals surface area contributed by atoms with Crippen molar-refractivity contribution in [3.63, 3.8) is 0 Å². The Balaban J connectivity index is 1.88. The van der Waals surface area contributed by atoms with Crippen molar-refractivity contribution in [1.29, 1.82) is 0 Å². The third-order valence-electron chi connectivity index (χ3n) is 4.00. The fourth-order valence-corrected chi connectivity index (χ4v) is 2.71. The summed E-state index contributed by atoms with van der Waals surface area (Å²) in [5.74, 6) is 1.61. The summed E-state index contributed by atoms with van der Waals surface area (Å²) in [4.78, 5) is 12.7. The molecule has 0 spiro atoms. The molecule has 8 nitrogen and oxygen atoms in total. The Bertz CT molecular complexity index is 913. The van der Waals surface area contributed by atoms with E-state index in [-0.39, 0.29) is 11.9 Å². The van der Waals surface area contributed by atoms with Gasteiger partial charge in [0.1, 0.15) is 0 Å². The molecule has 0 bridgehead atoms. The Morgan fingerprint density at radius 3 is 2.38 bits per heavy atom. The van der Waals surface area contributed by atoms with Gasteiger partial charge < -0.3 is 19.5 Å². The molecule has 0 unspecified atom stereocenters. The second-order valence-corrected chi connectivity index (χ2v) is 5.60. The molecule has 1 amide bonds. The molecule has 0 aliphatic rings. The van der Waals surface area contributed by atoms with Gasteiger partial charge in [0.25, 0.3) is 5.91 Å². The number of pyridine rings is 1. The fraction of sp³-hybridized carbons (Fsp3) is 0.278. The van der Waals surface area contributed by atoms with Gasteiger partial charge in [0.2, 0.25) is 5.75 Å². The van der Waals surface area contributed by atoms with Crippen LogP contribution in [0.15, 0.2) is 36.5 Å². The third kappa shape index (κ3) is 3.13. The van der Waals surface area contributed by atoms with Gasteiger partial charge in [-0.05, 0) is 31.2 Å². The number of rotatable bonds is 6. The van der Waals surface area contributed by atoms with Gasteiger partial charge in [-0.2, -0.15) is 0 Å². The Labute approximate surface area is 150 Å². The van der Waals surface area contributed by atoms with Crippen molar-refractivity contribution in [3.05, 3.63) is 47.9 Å². The molecule has 3 rings (SSSR count). The molecular weight excluding hydrogens is 336 g/mol. The van der Waals surface area contributed by atoms with E-state index in [2.05, 4.69) is 15.5 Å². The van der Waals surface area contributed by atoms with Crippen LogP contribution in [0.1, 0.15) is 29.1 Å². The summed E-state index contributed by atoms with van der Waals surface area (Å²) >= 11 is 0. The summed E-state index contributed by atoms with van der Waals surface area (Å²) in [5, 5.41) is 11.2. The minimum atomic E-state index is -0.348. The van der Waals surface area contributed by atoms with Gasteiger partial charge in [0.15, 0.2) is 23.0 Å². The molecule has 0 aliphatic carbocycles. The average Bonchev–Trinajstić information content (AvgIpc) is 3.10. The normalized spacial score (nSPS) is 11.8. The van der Waals surface area contributed by atoms with Crippen LogP contribution < -0.4 is 19.5 Å². The number of benzene rings is 1. The first kappa shape index (κ1) is 17.5. The van der Waals surface area contributed by atoms with Crippen LogP contribution in [0.3, 0.4) is 0 Å². The number of amides is 1. The van der Waals surface area contributed by atoms with Crippen molar-refractivity contribution >= 4 is 11.6 Å². The minimum absolute atomic E-state index is 0.288. The Hall–Kier alpha value is -3.29. The number of methoxy groups -OCH3 is 3. The summed E-state index contributed by atoms with van der Waals surface area (Å²) in [7, 11) is 4.52. The lowest BCUT2D eigenvalue weighted by Gasteiger charge is -2.16. The number of nitrogens with zero attached hydrogens (tertiary/aromatic N) is 3. The van der Waals surface area contributed by atoms with E-state index >= 15 is 0 Å². The van der Waals surface area contributed by atoms with Crippen molar-refractivity contribution in [2.45, 2.75) is 13.0 Å². The average molecular weight is 356 g/mol. The van der Waals surface area contributed by atoms with Crippen LogP contribution in [0.2, 0.25) is 0 Å². The predicted octanol–water partition coefficient (Wildman–Crippen LogP) is 2.25. The highest BCUT2D eigenvalue weighted by atomic mass is 16.5. The number of fused-ring (bicyclic) bond motifs is 1. The van der Waals surface area contributed by atoms with Crippen LogP contribution in [0.5, 0.6) is 17.2 Å². The van der Waals surface area contributed by atoms with Crippen molar-refractivity contribution in [3.8, 4) is 17.2 Å². The van der Waals surface area contributed by atoms with Crippen LogP contribution >= 0.6 is 0 Å². The number of aromatic nitrogens is 3. The second kappa shape index (κ2) is 7.30. The molecular formula is C18H20N4O4. The van der Waals surface area contributed by atoms with E-state index in [1.54, 1.807) is 12.1 Å². The zero-order valence-electron chi connectivity index (χ0n) is 15.0. The molecule has 8 heteroatoms. The van der Waals surface area contributed by atoms with Crippen LogP contribution in [0, 0.1) is 0 Å². The lowest BCUT2D eigenvalue weighted by atomic mass is 10.1. The molecule has 0 radical (unpaired) electrons. The van der Waals surface area contributed by atoms with Crippen LogP contribution in [-0.2, 0) is 0 Å². The molecule has 3 aromatic rings. The highest BCUT2D eigenvalue weighted by Crippen LogP contribution is 2.38. The maximum atomic E-state index is 12.7. The molecule has 1 atom stereocenters. The number of hydrogen-bond donors (Lipinski definition) is 1. The van der Waals surface area contributed by atoms with Crippen molar-refractivity contribution in [1.82, 2.24) is 19.9 Å². The van der Waals surface area contributed by atoms with E-state index in [4.69, 9.17) is 14.2 Å². The molecule has 1 N–H and O–H groups in total. The molecule has 0 saturated carbocycles. The van der Waals surface area contributed by atoms with E-state index in [1.807, 2.05) is 35.7 Å². The maximum absolute atomic E-state index is 12.7. The number of hydrogen-bond acceptors (Lipinski definition) is 6. The Morgan fingerprint density at radius 2 is 1.77 bits per heavy atom. The van der Waals surface area contributed by atoms with Crippen LogP contribution in [0.25, 0.3) is 5.65 Å². The van der Waals surface area contributed by atoms with Gasteiger partial charge in [0.05, 0.1) is 27.4 Å². The summed E-state index contributed by atoms with van der Waals surface area (Å²) in [6.45, 7) is 1.85. The lowest BCUT2D eigenvalue weighted by Crippen LogP contribution is -2.28. The predicted molar refractivity (Wildman–Crippen MR) is 95.0 cm³/mol. The minimum Gasteiger partial charge on any atom is -0.493 e. The first-order chi connectivity index (χ1) is 12.6. The molecule has 26 heavy (non-hydrogen) atoms. The topological polar surface area (TPSA) is 87.0 Å². The first-order valence-electron chi connectivity index (χ1n) is 7.99. The smallest absolute Gasteiger partial charge is 0.252 e. The Kier molecular flexibility index (Phi) is 4.92. The number of carbonyl (C=O) groups is 1. The second-order valence-electron chi connectivity index (χ2n) is 5.60. The van der Waals surface area contributed by atoms with Crippen molar-refractivity contribution in [2.75, 3.05) is 21.3 Å². The van der Waals surface area contributed by atoms with E-state index in [0.717, 1.165) is 5.65 Å². The van der Waals surface area contributed by atoms with Crippen molar-refractivity contribution < 1.29 is 19.0 Å². The van der Waals surface area contributed by atoms with Gasteiger partial charge >= 0.3 is 0 Å². The fourth-order valence-electron chi connectivity index (χ4n) is 2.71. The standard InChI is InChI=1S/C18H20N4O4/c1-11(17-21-20-15-7-5-6-8-22(15)17)19-18(23)12-9-13(24-2)16(26-4)14(10-12)25-3/h5-11H,1-4H3,(H,19,23)/t11-/m0/s1. The SMILES string of the molecule is COc1cc(C(=O)N[C@@H](C)c2nnc3ccccn23)cc(OC)c1OC. The summed E-state index contributed by atoms with van der Waals surface area (Å²) in [6.07, 6.45) is 1.85. The molecule has 136 valence electrons. The third-order valence-corrected chi connectivity index (χ3v) is 4.00. The highest BCUT2D eigenvalue weighted by Gasteiger charge is 2.20. The molecule has 2 aromatic heterocycles. The zero-order chi connectivity index (χ0) is 18.7. The van der Waals surface area contributed by atoms with Crippen LogP contribution in [0.4, 0.5) is 0 Å². The van der Waals surface area contributed by atoms with Crippen LogP contribution in [-0.4, -0.2) is 41.8 Å². The molecule has 2 heterocycles. The molecule has 1 aromatic carbocycles. The van der Waals surface area contributed by atoms with Gasteiger partial charge in [-0.1, -0.05) is 6.07 Å². The number of ether oxygens (including phenoxy) is 3.